The number of benzene rings is 1. The third-order valence-electron chi connectivity index (χ3n) is 2.17. The topological polar surface area (TPSA) is 73.9 Å². The largest absolute Gasteiger partial charge is 0.497 e. The van der Waals surface area contributed by atoms with Crippen LogP contribution >= 0.6 is 0 Å². The van der Waals surface area contributed by atoms with Gasteiger partial charge in [0.1, 0.15) is 5.75 Å². The third kappa shape index (κ3) is 2.14. The van der Waals surface area contributed by atoms with Gasteiger partial charge in [0.05, 0.1) is 25.5 Å². The summed E-state index contributed by atoms with van der Waals surface area (Å²) in [6.45, 7) is 0.289. The van der Waals surface area contributed by atoms with Gasteiger partial charge in [-0.1, -0.05) is 0 Å². The van der Waals surface area contributed by atoms with E-state index >= 15 is 0 Å². The molecule has 0 bridgehead atoms. The molecule has 2 N–H and O–H groups in total. The summed E-state index contributed by atoms with van der Waals surface area (Å²) in [6, 6.07) is 7.59. The Balaban J connectivity index is 2.34. The quantitative estimate of drug-likeness (QED) is 0.828. The lowest BCUT2D eigenvalue weighted by Gasteiger charge is -2.03. The second-order valence-corrected chi connectivity index (χ2v) is 3.19. The van der Waals surface area contributed by atoms with Crippen LogP contribution in [0.15, 0.2) is 30.5 Å². The summed E-state index contributed by atoms with van der Waals surface area (Å²) in [4.78, 5) is 4.28. The number of hydrogen-bond donors (Lipinski definition) is 1. The van der Waals surface area contributed by atoms with E-state index in [2.05, 4.69) is 15.2 Å². The fourth-order valence-electron chi connectivity index (χ4n) is 1.33. The average Bonchev–Trinajstić information content (AvgIpc) is 2.39. The van der Waals surface area contributed by atoms with Crippen molar-refractivity contribution in [2.45, 2.75) is 6.54 Å². The number of hydrogen-bond acceptors (Lipinski definition) is 5. The fraction of sp³-hybridized carbons (Fsp3) is 0.182. The molecule has 0 fully saturated rings. The van der Waals surface area contributed by atoms with E-state index in [1.54, 1.807) is 13.3 Å². The van der Waals surface area contributed by atoms with Crippen molar-refractivity contribution in [1.29, 1.82) is 0 Å². The minimum absolute atomic E-state index is 0.289. The van der Waals surface area contributed by atoms with Crippen molar-refractivity contribution in [2.24, 2.45) is 5.73 Å². The highest BCUT2D eigenvalue weighted by Gasteiger charge is 2.02. The highest BCUT2D eigenvalue weighted by atomic mass is 16.5. The number of ether oxygens (including phenoxy) is 1. The summed E-state index contributed by atoms with van der Waals surface area (Å²) in [5.74, 6) is 1.35. The Morgan fingerprint density at radius 2 is 2.00 bits per heavy atom. The molecule has 2 aromatic rings. The third-order valence-corrected chi connectivity index (χ3v) is 2.17. The van der Waals surface area contributed by atoms with E-state index in [0.717, 1.165) is 17.0 Å². The number of rotatable bonds is 3. The van der Waals surface area contributed by atoms with Crippen molar-refractivity contribution in [3.63, 3.8) is 0 Å². The molecule has 1 aromatic heterocycles. The molecule has 16 heavy (non-hydrogen) atoms. The first-order chi connectivity index (χ1) is 7.83. The predicted molar refractivity (Wildman–Crippen MR) is 59.7 cm³/mol. The summed E-state index contributed by atoms with van der Waals surface area (Å²) in [6.07, 6.45) is 1.61. The highest BCUT2D eigenvalue weighted by Crippen LogP contribution is 2.19. The maximum absolute atomic E-state index is 5.46. The van der Waals surface area contributed by atoms with Crippen LogP contribution in [0.2, 0.25) is 0 Å². The van der Waals surface area contributed by atoms with E-state index in [0.29, 0.717) is 5.82 Å². The van der Waals surface area contributed by atoms with Gasteiger partial charge < -0.3 is 10.5 Å². The number of nitrogens with zero attached hydrogens (tertiary/aromatic N) is 3. The minimum Gasteiger partial charge on any atom is -0.497 e. The molecule has 0 unspecified atom stereocenters. The van der Waals surface area contributed by atoms with Crippen molar-refractivity contribution in [3.05, 3.63) is 36.3 Å². The van der Waals surface area contributed by atoms with Crippen molar-refractivity contribution < 1.29 is 4.74 Å². The number of methoxy groups -OCH3 is 1. The molecule has 0 atom stereocenters. The van der Waals surface area contributed by atoms with Gasteiger partial charge >= 0.3 is 0 Å². The first-order valence-corrected chi connectivity index (χ1v) is 4.86. The summed E-state index contributed by atoms with van der Waals surface area (Å²) in [5, 5.41) is 7.66. The van der Waals surface area contributed by atoms with E-state index in [1.807, 2.05) is 24.3 Å². The molecule has 5 heteroatoms. The standard InChI is InChI=1S/C11H12N4O/c1-16-9-4-2-8(3-5-9)10-7-13-15-11(6-12)14-10/h2-5,7H,6,12H2,1H3. The maximum Gasteiger partial charge on any atom is 0.165 e. The SMILES string of the molecule is COc1ccc(-c2cnnc(CN)n2)cc1. The molecule has 0 aliphatic rings. The Bertz CT molecular complexity index is 470. The smallest absolute Gasteiger partial charge is 0.165 e. The molecule has 1 aromatic carbocycles. The Morgan fingerprint density at radius 1 is 1.25 bits per heavy atom. The van der Waals surface area contributed by atoms with Gasteiger partial charge in [-0.3, -0.25) is 0 Å². The lowest BCUT2D eigenvalue weighted by Crippen LogP contribution is -2.04. The van der Waals surface area contributed by atoms with Crippen molar-refractivity contribution >= 4 is 0 Å². The fourth-order valence-corrected chi connectivity index (χ4v) is 1.33. The molecular weight excluding hydrogens is 204 g/mol. The van der Waals surface area contributed by atoms with Gasteiger partial charge in [0, 0.05) is 5.56 Å². The summed E-state index contributed by atoms with van der Waals surface area (Å²) < 4.78 is 5.08. The van der Waals surface area contributed by atoms with Gasteiger partial charge in [0.15, 0.2) is 5.82 Å². The van der Waals surface area contributed by atoms with Crippen molar-refractivity contribution in [3.8, 4) is 17.0 Å². The van der Waals surface area contributed by atoms with E-state index in [-0.39, 0.29) is 6.54 Å². The van der Waals surface area contributed by atoms with Crippen LogP contribution in [0.1, 0.15) is 5.82 Å². The molecule has 5 nitrogen and oxygen atoms in total. The van der Waals surface area contributed by atoms with Crippen LogP contribution < -0.4 is 10.5 Å². The summed E-state index contributed by atoms with van der Waals surface area (Å²) >= 11 is 0. The second kappa shape index (κ2) is 4.67. The van der Waals surface area contributed by atoms with Gasteiger partial charge in [-0.2, -0.15) is 5.10 Å². The van der Waals surface area contributed by atoms with Gasteiger partial charge in [-0.15, -0.1) is 5.10 Å². The second-order valence-electron chi connectivity index (χ2n) is 3.19. The molecule has 0 radical (unpaired) electrons. The van der Waals surface area contributed by atoms with Gasteiger partial charge in [0.2, 0.25) is 0 Å². The number of nitrogens with two attached hydrogens (primary N) is 1. The van der Waals surface area contributed by atoms with E-state index in [9.17, 15) is 0 Å². The molecule has 0 spiro atoms. The molecule has 0 aliphatic carbocycles. The van der Waals surface area contributed by atoms with Gasteiger partial charge in [0.25, 0.3) is 0 Å². The molecule has 82 valence electrons. The van der Waals surface area contributed by atoms with Crippen LogP contribution in [0.5, 0.6) is 5.75 Å². The van der Waals surface area contributed by atoms with Crippen LogP contribution in [0.4, 0.5) is 0 Å². The Morgan fingerprint density at radius 3 is 2.62 bits per heavy atom. The zero-order chi connectivity index (χ0) is 11.4. The van der Waals surface area contributed by atoms with Crippen molar-refractivity contribution in [1.82, 2.24) is 15.2 Å². The first-order valence-electron chi connectivity index (χ1n) is 4.86. The minimum atomic E-state index is 0.289. The van der Waals surface area contributed by atoms with Crippen LogP contribution in [0.25, 0.3) is 11.3 Å². The van der Waals surface area contributed by atoms with E-state index in [4.69, 9.17) is 10.5 Å². The van der Waals surface area contributed by atoms with Crippen molar-refractivity contribution in [2.75, 3.05) is 7.11 Å². The summed E-state index contributed by atoms with van der Waals surface area (Å²) in [7, 11) is 1.63. The molecular formula is C11H12N4O. The van der Waals surface area contributed by atoms with Crippen LogP contribution in [-0.2, 0) is 6.54 Å². The van der Waals surface area contributed by atoms with Crippen LogP contribution in [0, 0.1) is 0 Å². The normalized spacial score (nSPS) is 10.1. The lowest BCUT2D eigenvalue weighted by atomic mass is 10.1. The molecule has 0 saturated heterocycles. The van der Waals surface area contributed by atoms with Gasteiger partial charge in [-0.05, 0) is 24.3 Å². The zero-order valence-electron chi connectivity index (χ0n) is 8.92. The molecule has 0 saturated carbocycles. The predicted octanol–water partition coefficient (Wildman–Crippen LogP) is 1.01. The maximum atomic E-state index is 5.46. The summed E-state index contributed by atoms with van der Waals surface area (Å²) in [5.41, 5.74) is 7.18. The zero-order valence-corrected chi connectivity index (χ0v) is 8.92. The Kier molecular flexibility index (Phi) is 3.07. The Labute approximate surface area is 93.3 Å². The molecule has 2 rings (SSSR count). The highest BCUT2D eigenvalue weighted by molar-refractivity contribution is 5.58. The Hall–Kier alpha value is -2.01. The average molecular weight is 216 g/mol. The van der Waals surface area contributed by atoms with Crippen LogP contribution in [-0.4, -0.2) is 22.3 Å². The van der Waals surface area contributed by atoms with E-state index in [1.165, 1.54) is 0 Å². The lowest BCUT2D eigenvalue weighted by molar-refractivity contribution is 0.415. The molecule has 0 aliphatic heterocycles. The monoisotopic (exact) mass is 216 g/mol. The van der Waals surface area contributed by atoms with Crippen LogP contribution in [0.3, 0.4) is 0 Å². The van der Waals surface area contributed by atoms with E-state index < -0.39 is 0 Å². The molecule has 1 heterocycles. The molecule has 0 amide bonds. The van der Waals surface area contributed by atoms with Gasteiger partial charge in [-0.25, -0.2) is 4.98 Å². The number of aromatic nitrogens is 3. The first kappa shape index (κ1) is 10.5.